The number of halogens is 1. The highest BCUT2D eigenvalue weighted by molar-refractivity contribution is 6.30. The van der Waals surface area contributed by atoms with Gasteiger partial charge in [-0.15, -0.1) is 0 Å². The second-order valence-electron chi connectivity index (χ2n) is 7.04. The molecule has 2 atom stereocenters. The Hall–Kier alpha value is -0.830. The third-order valence-corrected chi connectivity index (χ3v) is 5.90. The van der Waals surface area contributed by atoms with E-state index in [1.54, 1.807) is 0 Å². The molecule has 0 aromatic carbocycles. The van der Waals surface area contributed by atoms with E-state index < -0.39 is 0 Å². The van der Waals surface area contributed by atoms with E-state index in [4.69, 9.17) is 16.6 Å². The van der Waals surface area contributed by atoms with Gasteiger partial charge in [-0.05, 0) is 51.4 Å². The van der Waals surface area contributed by atoms with Gasteiger partial charge in [-0.3, -0.25) is 0 Å². The summed E-state index contributed by atoms with van der Waals surface area (Å²) in [6.45, 7) is 3.22. The molecule has 1 aliphatic heterocycles. The van der Waals surface area contributed by atoms with Crippen LogP contribution in [0.3, 0.4) is 0 Å². The molecule has 4 heteroatoms. The summed E-state index contributed by atoms with van der Waals surface area (Å²) in [5.41, 5.74) is 1.08. The average Bonchev–Trinajstić information content (AvgIpc) is 3.34. The van der Waals surface area contributed by atoms with E-state index in [9.17, 15) is 0 Å². The Morgan fingerprint density at radius 3 is 2.57 bits per heavy atom. The van der Waals surface area contributed by atoms with Crippen LogP contribution in [0.4, 0.5) is 5.82 Å². The molecular formula is C17H24ClN3. The summed E-state index contributed by atoms with van der Waals surface area (Å²) in [7, 11) is 0. The Morgan fingerprint density at radius 1 is 1.00 bits per heavy atom. The fourth-order valence-electron chi connectivity index (χ4n) is 4.19. The molecule has 4 rings (SSSR count). The van der Waals surface area contributed by atoms with E-state index in [2.05, 4.69) is 16.8 Å². The van der Waals surface area contributed by atoms with Gasteiger partial charge in [0.05, 0.1) is 0 Å². The largest absolute Gasteiger partial charge is 0.353 e. The van der Waals surface area contributed by atoms with Gasteiger partial charge in [0.2, 0.25) is 0 Å². The lowest BCUT2D eigenvalue weighted by molar-refractivity contribution is 0.242. The van der Waals surface area contributed by atoms with Gasteiger partial charge in [-0.1, -0.05) is 24.4 Å². The topological polar surface area (TPSA) is 29.0 Å². The third-order valence-electron chi connectivity index (χ3n) is 5.54. The highest BCUT2D eigenvalue weighted by atomic mass is 35.5. The minimum Gasteiger partial charge on any atom is -0.353 e. The van der Waals surface area contributed by atoms with Crippen molar-refractivity contribution in [2.45, 2.75) is 70.3 Å². The van der Waals surface area contributed by atoms with Crippen molar-refractivity contribution in [1.82, 2.24) is 9.97 Å². The fraction of sp³-hybridized carbons (Fsp3) is 0.765. The van der Waals surface area contributed by atoms with Crippen molar-refractivity contribution in [1.29, 1.82) is 0 Å². The number of nitrogens with zero attached hydrogens (tertiary/aromatic N) is 3. The molecule has 2 heterocycles. The van der Waals surface area contributed by atoms with E-state index in [-0.39, 0.29) is 0 Å². The summed E-state index contributed by atoms with van der Waals surface area (Å²) in [5.74, 6) is 3.55. The van der Waals surface area contributed by atoms with Crippen LogP contribution in [0.25, 0.3) is 0 Å². The molecule has 0 N–H and O–H groups in total. The zero-order valence-corrected chi connectivity index (χ0v) is 13.6. The zero-order chi connectivity index (χ0) is 14.4. The number of fused-ring (bicyclic) bond motifs is 1. The lowest BCUT2D eigenvalue weighted by Crippen LogP contribution is -2.47. The molecule has 2 unspecified atom stereocenters. The molecule has 0 radical (unpaired) electrons. The summed E-state index contributed by atoms with van der Waals surface area (Å²) in [6, 6.07) is 0.684. The van der Waals surface area contributed by atoms with Crippen molar-refractivity contribution in [3.8, 4) is 0 Å². The van der Waals surface area contributed by atoms with Gasteiger partial charge in [0.1, 0.15) is 16.8 Å². The van der Waals surface area contributed by atoms with Crippen LogP contribution in [-0.4, -0.2) is 22.6 Å². The van der Waals surface area contributed by atoms with E-state index in [1.807, 2.05) is 0 Å². The Balaban J connectivity index is 1.70. The highest BCUT2D eigenvalue weighted by Gasteiger charge is 2.36. The molecule has 0 spiro atoms. The maximum atomic E-state index is 6.41. The van der Waals surface area contributed by atoms with Gasteiger partial charge in [-0.25, -0.2) is 9.97 Å². The van der Waals surface area contributed by atoms with E-state index in [0.29, 0.717) is 17.1 Å². The lowest BCUT2D eigenvalue weighted by atomic mass is 9.78. The first-order valence-corrected chi connectivity index (χ1v) is 8.92. The van der Waals surface area contributed by atoms with Crippen molar-refractivity contribution in [3.05, 3.63) is 16.5 Å². The number of aromatic nitrogens is 2. The first kappa shape index (κ1) is 13.8. The Labute approximate surface area is 132 Å². The van der Waals surface area contributed by atoms with E-state index in [0.717, 1.165) is 29.7 Å². The highest BCUT2D eigenvalue weighted by Crippen LogP contribution is 2.42. The van der Waals surface area contributed by atoms with Gasteiger partial charge >= 0.3 is 0 Å². The van der Waals surface area contributed by atoms with Gasteiger partial charge in [-0.2, -0.15) is 0 Å². The first-order chi connectivity index (χ1) is 10.2. The predicted molar refractivity (Wildman–Crippen MR) is 86.1 cm³/mol. The normalized spacial score (nSPS) is 29.3. The predicted octanol–water partition coefficient (Wildman–Crippen LogP) is 4.47. The average molecular weight is 306 g/mol. The molecule has 1 aromatic heterocycles. The molecule has 3 nitrogen and oxygen atoms in total. The molecule has 1 aromatic rings. The molecule has 21 heavy (non-hydrogen) atoms. The number of hydrogen-bond donors (Lipinski definition) is 0. The molecule has 3 aliphatic rings. The minimum absolute atomic E-state index is 0.564. The van der Waals surface area contributed by atoms with Crippen molar-refractivity contribution in [3.63, 3.8) is 0 Å². The smallest absolute Gasteiger partial charge is 0.137 e. The quantitative estimate of drug-likeness (QED) is 0.755. The van der Waals surface area contributed by atoms with E-state index in [1.165, 1.54) is 51.4 Å². The summed E-state index contributed by atoms with van der Waals surface area (Å²) in [6.07, 6.45) is 10.6. The van der Waals surface area contributed by atoms with Crippen molar-refractivity contribution in [2.24, 2.45) is 5.92 Å². The Bertz CT molecular complexity index is 539. The van der Waals surface area contributed by atoms with Crippen molar-refractivity contribution >= 4 is 17.4 Å². The van der Waals surface area contributed by atoms with Crippen LogP contribution in [0.2, 0.25) is 5.15 Å². The Morgan fingerprint density at radius 2 is 1.76 bits per heavy atom. The second-order valence-corrected chi connectivity index (χ2v) is 7.40. The first-order valence-electron chi connectivity index (χ1n) is 8.54. The zero-order valence-electron chi connectivity index (χ0n) is 12.8. The number of hydrogen-bond acceptors (Lipinski definition) is 3. The van der Waals surface area contributed by atoms with Crippen LogP contribution < -0.4 is 4.90 Å². The van der Waals surface area contributed by atoms with Crippen LogP contribution in [0, 0.1) is 12.8 Å². The molecule has 0 bridgehead atoms. The molecule has 114 valence electrons. The SMILES string of the molecule is Cc1c(Cl)nc(C2CC2)nc1N1CCCC2CCCCC21. The van der Waals surface area contributed by atoms with Gasteiger partial charge in [0.25, 0.3) is 0 Å². The summed E-state index contributed by atoms with van der Waals surface area (Å²) in [4.78, 5) is 12.0. The second kappa shape index (κ2) is 5.42. The summed E-state index contributed by atoms with van der Waals surface area (Å²) < 4.78 is 0. The third kappa shape index (κ3) is 2.54. The fourth-order valence-corrected chi connectivity index (χ4v) is 4.36. The van der Waals surface area contributed by atoms with Gasteiger partial charge < -0.3 is 4.90 Å². The number of anilines is 1. The molecule has 1 saturated heterocycles. The maximum absolute atomic E-state index is 6.41. The standard InChI is InChI=1S/C17H24ClN3/c1-11-15(18)19-16(13-8-9-13)20-17(11)21-10-4-6-12-5-2-3-7-14(12)21/h12-14H,2-10H2,1H3. The Kier molecular flexibility index (Phi) is 3.56. The maximum Gasteiger partial charge on any atom is 0.137 e. The number of piperidine rings is 1. The van der Waals surface area contributed by atoms with Gasteiger partial charge in [0.15, 0.2) is 0 Å². The molecular weight excluding hydrogens is 282 g/mol. The monoisotopic (exact) mass is 305 g/mol. The van der Waals surface area contributed by atoms with Crippen LogP contribution in [-0.2, 0) is 0 Å². The van der Waals surface area contributed by atoms with Gasteiger partial charge in [0, 0.05) is 24.1 Å². The van der Waals surface area contributed by atoms with Crippen LogP contribution in [0.5, 0.6) is 0 Å². The van der Waals surface area contributed by atoms with Crippen LogP contribution in [0.15, 0.2) is 0 Å². The van der Waals surface area contributed by atoms with Crippen molar-refractivity contribution in [2.75, 3.05) is 11.4 Å². The minimum atomic E-state index is 0.564. The van der Waals surface area contributed by atoms with Crippen molar-refractivity contribution < 1.29 is 0 Å². The molecule has 3 fully saturated rings. The number of rotatable bonds is 2. The molecule has 2 aliphatic carbocycles. The lowest BCUT2D eigenvalue weighted by Gasteiger charge is -2.45. The van der Waals surface area contributed by atoms with E-state index >= 15 is 0 Å². The molecule has 0 amide bonds. The van der Waals surface area contributed by atoms with Crippen LogP contribution >= 0.6 is 11.6 Å². The van der Waals surface area contributed by atoms with Crippen LogP contribution in [0.1, 0.15) is 68.7 Å². The molecule has 2 saturated carbocycles. The summed E-state index contributed by atoms with van der Waals surface area (Å²) in [5, 5.41) is 0.667. The summed E-state index contributed by atoms with van der Waals surface area (Å²) >= 11 is 6.41.